The van der Waals surface area contributed by atoms with Crippen LogP contribution in [0.2, 0.25) is 5.02 Å². The molecule has 1 nitrogen and oxygen atoms in total. The molecule has 1 N–H and O–H groups in total. The van der Waals surface area contributed by atoms with Crippen molar-refractivity contribution in [2.24, 2.45) is 0 Å². The molecule has 0 amide bonds. The minimum absolute atomic E-state index is 0.131. The highest BCUT2D eigenvalue weighted by atomic mass is 79.9. The number of hydrogen-bond acceptors (Lipinski definition) is 1. The zero-order valence-electron chi connectivity index (χ0n) is 6.31. The highest BCUT2D eigenvalue weighted by Crippen LogP contribution is 2.32. The van der Waals surface area contributed by atoms with E-state index in [2.05, 4.69) is 15.9 Å². The Labute approximate surface area is 83.3 Å². The molecular weight excluding hydrogens is 246 g/mol. The van der Waals surface area contributed by atoms with Crippen LogP contribution in [0.4, 0.5) is 4.39 Å². The van der Waals surface area contributed by atoms with Crippen molar-refractivity contribution in [3.8, 4) is 0 Å². The Balaban J connectivity index is 3.33. The Kier molecular flexibility index (Phi) is 3.09. The Morgan fingerprint density at radius 2 is 2.17 bits per heavy atom. The Hall–Kier alpha value is -0.120. The van der Waals surface area contributed by atoms with Crippen LogP contribution >= 0.6 is 27.5 Å². The summed E-state index contributed by atoms with van der Waals surface area (Å²) in [5.41, 5.74) is 0.131. The molecule has 0 fully saturated rings. The Bertz CT molecular complexity index is 301. The molecule has 0 saturated heterocycles. The zero-order chi connectivity index (χ0) is 9.30. The molecule has 4 heteroatoms. The topological polar surface area (TPSA) is 20.2 Å². The quantitative estimate of drug-likeness (QED) is 0.762. The van der Waals surface area contributed by atoms with Gasteiger partial charge >= 0.3 is 0 Å². The lowest BCUT2D eigenvalue weighted by Gasteiger charge is -2.09. The van der Waals surface area contributed by atoms with Crippen LogP contribution in [0.5, 0.6) is 0 Å². The van der Waals surface area contributed by atoms with Crippen LogP contribution in [0.1, 0.15) is 18.6 Å². The molecule has 12 heavy (non-hydrogen) atoms. The molecular formula is C8H7BrClFO. The fraction of sp³-hybridized carbons (Fsp3) is 0.250. The molecule has 0 aliphatic rings. The summed E-state index contributed by atoms with van der Waals surface area (Å²) in [6, 6.07) is 2.77. The van der Waals surface area contributed by atoms with E-state index >= 15 is 0 Å². The number of benzene rings is 1. The lowest BCUT2D eigenvalue weighted by Crippen LogP contribution is -1.97. The summed E-state index contributed by atoms with van der Waals surface area (Å²) < 4.78 is 13.6. The first-order valence-corrected chi connectivity index (χ1v) is 4.52. The summed E-state index contributed by atoms with van der Waals surface area (Å²) in [5.74, 6) is -0.488. The maximum Gasteiger partial charge on any atom is 0.130 e. The van der Waals surface area contributed by atoms with Gasteiger partial charge in [-0.1, -0.05) is 11.6 Å². The molecule has 0 bridgehead atoms. The number of halogens is 3. The van der Waals surface area contributed by atoms with Crippen LogP contribution in [0.3, 0.4) is 0 Å². The number of aliphatic hydroxyl groups is 1. The summed E-state index contributed by atoms with van der Waals surface area (Å²) >= 11 is 8.89. The van der Waals surface area contributed by atoms with Gasteiger partial charge in [0, 0.05) is 10.0 Å². The monoisotopic (exact) mass is 252 g/mol. The first-order valence-electron chi connectivity index (χ1n) is 3.35. The summed E-state index contributed by atoms with van der Waals surface area (Å²) in [6.07, 6.45) is -0.894. The molecule has 1 rings (SSSR count). The Morgan fingerprint density at radius 1 is 1.58 bits per heavy atom. The second-order valence-electron chi connectivity index (χ2n) is 2.43. The van der Waals surface area contributed by atoms with E-state index in [0.717, 1.165) is 0 Å². The summed E-state index contributed by atoms with van der Waals surface area (Å²) in [6.45, 7) is 1.47. The lowest BCUT2D eigenvalue weighted by molar-refractivity contribution is 0.194. The van der Waals surface area contributed by atoms with Crippen molar-refractivity contribution in [3.05, 3.63) is 33.0 Å². The van der Waals surface area contributed by atoms with Crippen molar-refractivity contribution in [2.45, 2.75) is 13.0 Å². The predicted octanol–water partition coefficient (Wildman–Crippen LogP) is 3.29. The van der Waals surface area contributed by atoms with Crippen molar-refractivity contribution in [2.75, 3.05) is 0 Å². The SMILES string of the molecule is CC(O)c1c(F)ccc(Br)c1Cl. The van der Waals surface area contributed by atoms with Gasteiger partial charge in [0.1, 0.15) is 5.82 Å². The minimum Gasteiger partial charge on any atom is -0.389 e. The maximum absolute atomic E-state index is 13.0. The first-order chi connectivity index (χ1) is 5.54. The number of rotatable bonds is 1. The van der Waals surface area contributed by atoms with E-state index in [4.69, 9.17) is 16.7 Å². The van der Waals surface area contributed by atoms with Gasteiger partial charge in [-0.05, 0) is 35.0 Å². The van der Waals surface area contributed by atoms with Gasteiger partial charge in [-0.3, -0.25) is 0 Å². The van der Waals surface area contributed by atoms with Crippen LogP contribution in [0.25, 0.3) is 0 Å². The molecule has 1 unspecified atom stereocenters. The van der Waals surface area contributed by atoms with Crippen LogP contribution in [-0.4, -0.2) is 5.11 Å². The average Bonchev–Trinajstić information content (AvgIpc) is 1.97. The molecule has 0 spiro atoms. The smallest absolute Gasteiger partial charge is 0.130 e. The van der Waals surface area contributed by atoms with Gasteiger partial charge < -0.3 is 5.11 Å². The van der Waals surface area contributed by atoms with E-state index < -0.39 is 11.9 Å². The van der Waals surface area contributed by atoms with E-state index in [1.807, 2.05) is 0 Å². The fourth-order valence-electron chi connectivity index (χ4n) is 0.926. The third-order valence-electron chi connectivity index (χ3n) is 1.50. The van der Waals surface area contributed by atoms with E-state index in [9.17, 15) is 4.39 Å². The van der Waals surface area contributed by atoms with Crippen molar-refractivity contribution in [3.63, 3.8) is 0 Å². The van der Waals surface area contributed by atoms with Gasteiger partial charge in [0.25, 0.3) is 0 Å². The van der Waals surface area contributed by atoms with Gasteiger partial charge in [-0.15, -0.1) is 0 Å². The highest BCUT2D eigenvalue weighted by molar-refractivity contribution is 9.10. The van der Waals surface area contributed by atoms with Gasteiger partial charge in [-0.25, -0.2) is 4.39 Å². The lowest BCUT2D eigenvalue weighted by atomic mass is 10.1. The minimum atomic E-state index is -0.894. The fourth-order valence-corrected chi connectivity index (χ4v) is 1.58. The standard InChI is InChI=1S/C8H7BrClFO/c1-4(12)7-6(11)3-2-5(9)8(7)10/h2-4,12H,1H3. The van der Waals surface area contributed by atoms with Crippen LogP contribution in [0, 0.1) is 5.82 Å². The average molecular weight is 253 g/mol. The molecule has 0 radical (unpaired) electrons. The van der Waals surface area contributed by atoms with Crippen LogP contribution in [-0.2, 0) is 0 Å². The first kappa shape index (κ1) is 9.96. The van der Waals surface area contributed by atoms with Crippen molar-refractivity contribution in [1.29, 1.82) is 0 Å². The van der Waals surface area contributed by atoms with E-state index in [-0.39, 0.29) is 10.6 Å². The summed E-state index contributed by atoms with van der Waals surface area (Å²) in [5, 5.41) is 9.39. The molecule has 0 aromatic heterocycles. The second-order valence-corrected chi connectivity index (χ2v) is 3.67. The van der Waals surface area contributed by atoms with Crippen molar-refractivity contribution >= 4 is 27.5 Å². The molecule has 0 heterocycles. The third-order valence-corrected chi connectivity index (χ3v) is 2.79. The van der Waals surface area contributed by atoms with E-state index in [1.165, 1.54) is 19.1 Å². The van der Waals surface area contributed by atoms with Crippen LogP contribution < -0.4 is 0 Å². The van der Waals surface area contributed by atoms with Gasteiger partial charge in [-0.2, -0.15) is 0 Å². The molecule has 0 aliphatic heterocycles. The van der Waals surface area contributed by atoms with Crippen LogP contribution in [0.15, 0.2) is 16.6 Å². The highest BCUT2D eigenvalue weighted by Gasteiger charge is 2.14. The molecule has 0 aliphatic carbocycles. The largest absolute Gasteiger partial charge is 0.389 e. The predicted molar refractivity (Wildman–Crippen MR) is 49.7 cm³/mol. The normalized spacial score (nSPS) is 13.1. The molecule has 1 aromatic rings. The molecule has 1 atom stereocenters. The zero-order valence-corrected chi connectivity index (χ0v) is 8.66. The number of hydrogen-bond donors (Lipinski definition) is 1. The van der Waals surface area contributed by atoms with Crippen molar-refractivity contribution < 1.29 is 9.50 Å². The van der Waals surface area contributed by atoms with Crippen molar-refractivity contribution in [1.82, 2.24) is 0 Å². The number of aliphatic hydroxyl groups excluding tert-OH is 1. The molecule has 1 aromatic carbocycles. The third kappa shape index (κ3) is 1.79. The Morgan fingerprint density at radius 3 is 2.58 bits per heavy atom. The van der Waals surface area contributed by atoms with Gasteiger partial charge in [0.05, 0.1) is 11.1 Å². The van der Waals surface area contributed by atoms with Gasteiger partial charge in [0.15, 0.2) is 0 Å². The summed E-state index contributed by atoms with van der Waals surface area (Å²) in [7, 11) is 0. The van der Waals surface area contributed by atoms with Gasteiger partial charge in [0.2, 0.25) is 0 Å². The summed E-state index contributed by atoms with van der Waals surface area (Å²) in [4.78, 5) is 0. The van der Waals surface area contributed by atoms with E-state index in [1.54, 1.807) is 0 Å². The molecule has 0 saturated carbocycles. The molecule has 66 valence electrons. The second kappa shape index (κ2) is 3.73. The van der Waals surface area contributed by atoms with E-state index in [0.29, 0.717) is 4.47 Å². The maximum atomic E-state index is 13.0.